The van der Waals surface area contributed by atoms with E-state index in [0.29, 0.717) is 17.0 Å². The first kappa shape index (κ1) is 21.9. The number of phenolic OH excluding ortho intramolecular Hbond substituents is 1. The zero-order valence-corrected chi connectivity index (χ0v) is 15.0. The van der Waals surface area contributed by atoms with E-state index in [1.54, 1.807) is 0 Å². The number of aromatic hydroxyl groups is 1. The summed E-state index contributed by atoms with van der Waals surface area (Å²) in [6, 6.07) is 4.57. The smallest absolute Gasteiger partial charge is 0.165 e. The summed E-state index contributed by atoms with van der Waals surface area (Å²) in [5.74, 6) is -0.648. The summed E-state index contributed by atoms with van der Waals surface area (Å²) in [5, 5.41) is 22.7. The van der Waals surface area contributed by atoms with Crippen LogP contribution in [0.1, 0.15) is 37.4 Å². The van der Waals surface area contributed by atoms with Crippen molar-refractivity contribution in [2.75, 3.05) is 26.2 Å². The minimum atomic E-state index is -0.659. The van der Waals surface area contributed by atoms with Crippen LogP contribution in [0.5, 0.6) is 5.75 Å². The van der Waals surface area contributed by atoms with E-state index in [1.165, 1.54) is 6.07 Å². The maximum atomic E-state index is 13.8. The highest BCUT2D eigenvalue weighted by atomic mass is 35.5. The molecular weight excluding hydrogens is 340 g/mol. The maximum absolute atomic E-state index is 13.8. The van der Waals surface area contributed by atoms with E-state index in [-0.39, 0.29) is 36.6 Å². The summed E-state index contributed by atoms with van der Waals surface area (Å²) in [5.41, 5.74) is 0.797. The van der Waals surface area contributed by atoms with Crippen LogP contribution in [0, 0.1) is 23.1 Å². The molecule has 1 aromatic carbocycles. The van der Waals surface area contributed by atoms with Crippen molar-refractivity contribution < 1.29 is 9.50 Å². The largest absolute Gasteiger partial charge is 0.505 e. The molecule has 130 valence electrons. The fraction of sp³-hybridized carbons (Fsp3) is 0.562. The Bertz CT molecular complexity index is 543. The molecule has 1 aliphatic heterocycles. The van der Waals surface area contributed by atoms with Gasteiger partial charge >= 0.3 is 0 Å². The number of rotatable bonds is 4. The number of phenols is 1. The lowest BCUT2D eigenvalue weighted by Gasteiger charge is -2.36. The molecule has 7 heteroatoms. The van der Waals surface area contributed by atoms with Crippen molar-refractivity contribution >= 4 is 24.8 Å². The lowest BCUT2D eigenvalue weighted by Crippen LogP contribution is -2.45. The van der Waals surface area contributed by atoms with Gasteiger partial charge in [-0.05, 0) is 24.5 Å². The van der Waals surface area contributed by atoms with Gasteiger partial charge in [0.25, 0.3) is 0 Å². The molecule has 0 aliphatic carbocycles. The van der Waals surface area contributed by atoms with Gasteiger partial charge in [0.05, 0.1) is 11.6 Å². The van der Waals surface area contributed by atoms with Crippen LogP contribution in [0.15, 0.2) is 12.1 Å². The first-order valence-electron chi connectivity index (χ1n) is 7.40. The average molecular weight is 364 g/mol. The number of nitrogens with one attached hydrogen (secondary N) is 1. The van der Waals surface area contributed by atoms with E-state index < -0.39 is 5.82 Å². The monoisotopic (exact) mass is 363 g/mol. The second-order valence-corrected chi connectivity index (χ2v) is 5.90. The highest BCUT2D eigenvalue weighted by molar-refractivity contribution is 5.85. The van der Waals surface area contributed by atoms with Crippen molar-refractivity contribution in [1.82, 2.24) is 10.2 Å². The quantitative estimate of drug-likeness (QED) is 0.861. The number of halogens is 3. The molecule has 1 aliphatic rings. The standard InChI is InChI=1S/C16H22FN3O.2ClH/c1-11(2)9-14(20-7-5-19-6-8-20)15-12(10-18)3-4-13(17)16(15)21;;/h3-4,11,14,19,21H,5-9H2,1-2H3;2*1H/t14-;;/m0../s1. The predicted octanol–water partition coefficient (Wildman–Crippen LogP) is 3.24. The Kier molecular flexibility index (Phi) is 9.48. The fourth-order valence-electron chi connectivity index (χ4n) is 2.91. The normalized spacial score (nSPS) is 16.1. The molecule has 23 heavy (non-hydrogen) atoms. The van der Waals surface area contributed by atoms with Gasteiger partial charge in [0.1, 0.15) is 0 Å². The van der Waals surface area contributed by atoms with Gasteiger partial charge in [0.2, 0.25) is 0 Å². The highest BCUT2D eigenvalue weighted by Crippen LogP contribution is 2.37. The molecule has 1 fully saturated rings. The molecule has 0 saturated carbocycles. The molecule has 0 aromatic heterocycles. The van der Waals surface area contributed by atoms with Crippen molar-refractivity contribution in [3.8, 4) is 11.8 Å². The fourth-order valence-corrected chi connectivity index (χ4v) is 2.91. The van der Waals surface area contributed by atoms with Crippen LogP contribution in [0.25, 0.3) is 0 Å². The lowest BCUT2D eigenvalue weighted by molar-refractivity contribution is 0.151. The van der Waals surface area contributed by atoms with Crippen LogP contribution < -0.4 is 5.32 Å². The number of benzene rings is 1. The predicted molar refractivity (Wildman–Crippen MR) is 93.9 cm³/mol. The summed E-state index contributed by atoms with van der Waals surface area (Å²) in [4.78, 5) is 2.23. The zero-order valence-electron chi connectivity index (χ0n) is 13.4. The van der Waals surface area contributed by atoms with Crippen molar-refractivity contribution in [1.29, 1.82) is 5.26 Å². The lowest BCUT2D eigenvalue weighted by atomic mass is 9.91. The Balaban J connectivity index is 0.00000242. The third-order valence-corrected chi connectivity index (χ3v) is 3.91. The first-order valence-corrected chi connectivity index (χ1v) is 7.40. The zero-order chi connectivity index (χ0) is 15.4. The van der Waals surface area contributed by atoms with Crippen molar-refractivity contribution in [3.05, 3.63) is 29.1 Å². The summed E-state index contributed by atoms with van der Waals surface area (Å²) in [7, 11) is 0. The molecule has 4 nitrogen and oxygen atoms in total. The Morgan fingerprint density at radius 1 is 1.30 bits per heavy atom. The molecule has 0 amide bonds. The number of nitriles is 1. The second kappa shape index (κ2) is 9.94. The minimum Gasteiger partial charge on any atom is -0.505 e. The van der Waals surface area contributed by atoms with Gasteiger partial charge in [-0.3, -0.25) is 4.90 Å². The molecule has 0 unspecified atom stereocenters. The molecular formula is C16H24Cl2FN3O. The molecule has 0 spiro atoms. The first-order chi connectivity index (χ1) is 10.0. The minimum absolute atomic E-state index is 0. The maximum Gasteiger partial charge on any atom is 0.165 e. The van der Waals surface area contributed by atoms with E-state index >= 15 is 0 Å². The topological polar surface area (TPSA) is 59.3 Å². The van der Waals surface area contributed by atoms with Crippen LogP contribution in [0.3, 0.4) is 0 Å². The Morgan fingerprint density at radius 3 is 2.43 bits per heavy atom. The number of hydrogen-bond acceptors (Lipinski definition) is 4. The van der Waals surface area contributed by atoms with E-state index in [2.05, 4.69) is 30.1 Å². The number of piperazine rings is 1. The van der Waals surface area contributed by atoms with E-state index in [4.69, 9.17) is 0 Å². The van der Waals surface area contributed by atoms with E-state index in [0.717, 1.165) is 38.7 Å². The Labute approximate surface area is 149 Å². The molecule has 1 aromatic rings. The summed E-state index contributed by atoms with van der Waals surface area (Å²) in [6.45, 7) is 7.59. The Hall–Kier alpha value is -1.06. The van der Waals surface area contributed by atoms with Gasteiger partial charge in [-0.2, -0.15) is 5.26 Å². The van der Waals surface area contributed by atoms with Crippen LogP contribution in [0.4, 0.5) is 4.39 Å². The third kappa shape index (κ3) is 5.22. The number of nitrogens with zero attached hydrogens (tertiary/aromatic N) is 2. The van der Waals surface area contributed by atoms with E-state index in [9.17, 15) is 14.8 Å². The average Bonchev–Trinajstić information content (AvgIpc) is 2.48. The SMILES string of the molecule is CC(C)C[C@@H](c1c(C#N)ccc(F)c1O)N1CCNCC1.Cl.Cl. The number of hydrogen-bond donors (Lipinski definition) is 2. The van der Waals surface area contributed by atoms with Crippen molar-refractivity contribution in [2.24, 2.45) is 5.92 Å². The second-order valence-electron chi connectivity index (χ2n) is 5.90. The van der Waals surface area contributed by atoms with Crippen LogP contribution >= 0.6 is 24.8 Å². The van der Waals surface area contributed by atoms with Gasteiger partial charge in [0.15, 0.2) is 11.6 Å². The van der Waals surface area contributed by atoms with Crippen LogP contribution in [0.2, 0.25) is 0 Å². The van der Waals surface area contributed by atoms with Gasteiger partial charge in [-0.25, -0.2) is 4.39 Å². The van der Waals surface area contributed by atoms with Crippen molar-refractivity contribution in [3.63, 3.8) is 0 Å². The van der Waals surface area contributed by atoms with Gasteiger partial charge in [0, 0.05) is 37.8 Å². The molecule has 1 heterocycles. The highest BCUT2D eigenvalue weighted by Gasteiger charge is 2.28. The molecule has 0 radical (unpaired) electrons. The molecule has 2 rings (SSSR count). The van der Waals surface area contributed by atoms with Crippen LogP contribution in [-0.2, 0) is 0 Å². The molecule has 1 atom stereocenters. The summed E-state index contributed by atoms with van der Waals surface area (Å²) >= 11 is 0. The third-order valence-electron chi connectivity index (χ3n) is 3.91. The summed E-state index contributed by atoms with van der Waals surface area (Å²) < 4.78 is 13.8. The van der Waals surface area contributed by atoms with Gasteiger partial charge in [-0.15, -0.1) is 24.8 Å². The van der Waals surface area contributed by atoms with Gasteiger partial charge in [-0.1, -0.05) is 13.8 Å². The molecule has 1 saturated heterocycles. The van der Waals surface area contributed by atoms with Gasteiger partial charge < -0.3 is 10.4 Å². The Morgan fingerprint density at radius 2 is 1.91 bits per heavy atom. The molecule has 0 bridgehead atoms. The van der Waals surface area contributed by atoms with E-state index in [1.807, 2.05) is 0 Å². The molecule has 2 N–H and O–H groups in total. The van der Waals surface area contributed by atoms with Crippen molar-refractivity contribution in [2.45, 2.75) is 26.3 Å². The summed E-state index contributed by atoms with van der Waals surface area (Å²) in [6.07, 6.45) is 0.783. The van der Waals surface area contributed by atoms with Crippen LogP contribution in [-0.4, -0.2) is 36.2 Å².